The molecule has 2 aromatic rings. The number of aryl methyl sites for hydroxylation is 1. The maximum atomic E-state index is 12.3. The largest absolute Gasteiger partial charge is 0.497 e. The highest BCUT2D eigenvalue weighted by molar-refractivity contribution is 7.85. The molecule has 0 aliphatic rings. The molecular formula is C16H18O3S. The fraction of sp³-hybridized carbons (Fsp3) is 0.250. The van der Waals surface area contributed by atoms with Crippen molar-refractivity contribution in [3.8, 4) is 11.5 Å². The minimum Gasteiger partial charge on any atom is -0.497 e. The second-order valence-electron chi connectivity index (χ2n) is 4.30. The summed E-state index contributed by atoms with van der Waals surface area (Å²) in [5, 5.41) is 0. The van der Waals surface area contributed by atoms with Gasteiger partial charge in [0.2, 0.25) is 0 Å². The summed E-state index contributed by atoms with van der Waals surface area (Å²) < 4.78 is 22.7. The van der Waals surface area contributed by atoms with Crippen molar-refractivity contribution in [3.05, 3.63) is 54.1 Å². The van der Waals surface area contributed by atoms with Crippen molar-refractivity contribution in [2.75, 3.05) is 20.0 Å². The Bertz CT molecular complexity index is 579. The van der Waals surface area contributed by atoms with Gasteiger partial charge in [-0.25, -0.2) is 0 Å². The average molecular weight is 290 g/mol. The van der Waals surface area contributed by atoms with Crippen LogP contribution in [-0.4, -0.2) is 24.2 Å². The van der Waals surface area contributed by atoms with E-state index in [0.717, 1.165) is 22.6 Å². The number of rotatable bonds is 6. The van der Waals surface area contributed by atoms with Crippen LogP contribution in [0.2, 0.25) is 0 Å². The molecule has 0 heterocycles. The summed E-state index contributed by atoms with van der Waals surface area (Å²) in [4.78, 5) is 0.753. The van der Waals surface area contributed by atoms with E-state index in [1.54, 1.807) is 14.2 Å². The summed E-state index contributed by atoms with van der Waals surface area (Å²) in [6.07, 6.45) is 0.759. The Morgan fingerprint density at radius 2 is 1.65 bits per heavy atom. The maximum Gasteiger partial charge on any atom is 0.134 e. The summed E-state index contributed by atoms with van der Waals surface area (Å²) in [7, 11) is 2.18. The van der Waals surface area contributed by atoms with E-state index in [-0.39, 0.29) is 0 Å². The molecule has 0 spiro atoms. The van der Waals surface area contributed by atoms with Crippen LogP contribution in [0, 0.1) is 0 Å². The highest BCUT2D eigenvalue weighted by Crippen LogP contribution is 2.22. The third kappa shape index (κ3) is 3.61. The van der Waals surface area contributed by atoms with Crippen molar-refractivity contribution in [2.24, 2.45) is 0 Å². The molecule has 0 amide bonds. The lowest BCUT2D eigenvalue weighted by molar-refractivity contribution is 0.404. The molecule has 0 saturated heterocycles. The molecular weight excluding hydrogens is 272 g/mol. The molecule has 0 fully saturated rings. The van der Waals surface area contributed by atoms with Gasteiger partial charge in [0.1, 0.15) is 11.5 Å². The third-order valence-electron chi connectivity index (χ3n) is 3.05. The number of methoxy groups -OCH3 is 2. The van der Waals surface area contributed by atoms with Gasteiger partial charge in [0, 0.05) is 5.75 Å². The molecule has 106 valence electrons. The molecule has 2 aromatic carbocycles. The lowest BCUT2D eigenvalue weighted by atomic mass is 10.2. The molecule has 0 aliphatic carbocycles. The van der Waals surface area contributed by atoms with Gasteiger partial charge in [-0.15, -0.1) is 0 Å². The Hall–Kier alpha value is -1.81. The summed E-state index contributed by atoms with van der Waals surface area (Å²) in [6, 6.07) is 15.3. The highest BCUT2D eigenvalue weighted by atomic mass is 32.2. The first-order valence-corrected chi connectivity index (χ1v) is 7.71. The molecule has 0 N–H and O–H groups in total. The first-order chi connectivity index (χ1) is 9.74. The standard InChI is InChI=1S/C16H18O3S/c1-18-14-9-7-13(8-10-14)11-12-20(17)16-6-4-3-5-15(16)19-2/h3-10H,11-12H2,1-2H3/t20-/m0/s1. The van der Waals surface area contributed by atoms with Crippen LogP contribution >= 0.6 is 0 Å². The van der Waals surface area contributed by atoms with Gasteiger partial charge in [0.05, 0.1) is 29.9 Å². The second-order valence-corrected chi connectivity index (χ2v) is 5.84. The van der Waals surface area contributed by atoms with Crippen molar-refractivity contribution in [1.82, 2.24) is 0 Å². The molecule has 0 unspecified atom stereocenters. The van der Waals surface area contributed by atoms with Crippen LogP contribution in [-0.2, 0) is 17.2 Å². The zero-order valence-corrected chi connectivity index (χ0v) is 12.5. The molecule has 3 nitrogen and oxygen atoms in total. The van der Waals surface area contributed by atoms with Gasteiger partial charge in [0.15, 0.2) is 0 Å². The number of ether oxygens (including phenoxy) is 2. The Morgan fingerprint density at radius 3 is 2.30 bits per heavy atom. The van der Waals surface area contributed by atoms with Gasteiger partial charge in [-0.3, -0.25) is 4.21 Å². The summed E-state index contributed by atoms with van der Waals surface area (Å²) >= 11 is 0. The van der Waals surface area contributed by atoms with Crippen LogP contribution in [0.4, 0.5) is 0 Å². The Kier molecular flexibility index (Phi) is 5.18. The number of hydrogen-bond donors (Lipinski definition) is 0. The monoisotopic (exact) mass is 290 g/mol. The molecule has 0 bridgehead atoms. The Labute approximate surface area is 122 Å². The average Bonchev–Trinajstić information content (AvgIpc) is 2.53. The van der Waals surface area contributed by atoms with Crippen molar-refractivity contribution in [1.29, 1.82) is 0 Å². The fourth-order valence-corrected chi connectivity index (χ4v) is 3.17. The normalized spacial score (nSPS) is 11.9. The second kappa shape index (κ2) is 7.10. The van der Waals surface area contributed by atoms with Crippen LogP contribution in [0.25, 0.3) is 0 Å². The van der Waals surface area contributed by atoms with Crippen LogP contribution in [0.1, 0.15) is 5.56 Å². The van der Waals surface area contributed by atoms with Gasteiger partial charge in [-0.05, 0) is 36.2 Å². The lowest BCUT2D eigenvalue weighted by Gasteiger charge is -2.08. The van der Waals surface area contributed by atoms with Crippen LogP contribution in [0.3, 0.4) is 0 Å². The third-order valence-corrected chi connectivity index (χ3v) is 4.45. The minimum absolute atomic E-state index is 0.576. The molecule has 2 rings (SSSR count). The molecule has 0 aliphatic heterocycles. The summed E-state index contributed by atoms with van der Waals surface area (Å²) in [5.41, 5.74) is 1.15. The summed E-state index contributed by atoms with van der Waals surface area (Å²) in [5.74, 6) is 2.09. The van der Waals surface area contributed by atoms with E-state index >= 15 is 0 Å². The zero-order valence-electron chi connectivity index (χ0n) is 11.7. The minimum atomic E-state index is -1.06. The Morgan fingerprint density at radius 1 is 0.950 bits per heavy atom. The van der Waals surface area contributed by atoms with Crippen molar-refractivity contribution >= 4 is 10.8 Å². The number of benzene rings is 2. The van der Waals surface area contributed by atoms with Gasteiger partial charge >= 0.3 is 0 Å². The maximum absolute atomic E-state index is 12.3. The molecule has 0 radical (unpaired) electrons. The predicted octanol–water partition coefficient (Wildman–Crippen LogP) is 3.05. The quantitative estimate of drug-likeness (QED) is 0.820. The molecule has 0 saturated carbocycles. The van der Waals surface area contributed by atoms with Crippen molar-refractivity contribution in [2.45, 2.75) is 11.3 Å². The molecule has 0 aromatic heterocycles. The van der Waals surface area contributed by atoms with Crippen molar-refractivity contribution < 1.29 is 13.7 Å². The predicted molar refractivity (Wildman–Crippen MR) is 81.0 cm³/mol. The van der Waals surface area contributed by atoms with E-state index < -0.39 is 10.8 Å². The molecule has 20 heavy (non-hydrogen) atoms. The van der Waals surface area contributed by atoms with Crippen LogP contribution < -0.4 is 9.47 Å². The molecule has 4 heteroatoms. The van der Waals surface area contributed by atoms with Crippen LogP contribution in [0.5, 0.6) is 11.5 Å². The number of para-hydroxylation sites is 1. The summed E-state index contributed by atoms with van der Waals surface area (Å²) in [6.45, 7) is 0. The fourth-order valence-electron chi connectivity index (χ4n) is 1.92. The lowest BCUT2D eigenvalue weighted by Crippen LogP contribution is -2.03. The van der Waals surface area contributed by atoms with Gasteiger partial charge in [-0.1, -0.05) is 24.3 Å². The topological polar surface area (TPSA) is 35.5 Å². The number of hydrogen-bond acceptors (Lipinski definition) is 3. The van der Waals surface area contributed by atoms with E-state index in [4.69, 9.17) is 9.47 Å². The first kappa shape index (κ1) is 14.6. The van der Waals surface area contributed by atoms with Crippen molar-refractivity contribution in [3.63, 3.8) is 0 Å². The molecule has 1 atom stereocenters. The zero-order chi connectivity index (χ0) is 14.4. The Balaban J connectivity index is 2.01. The van der Waals surface area contributed by atoms with E-state index in [1.807, 2.05) is 48.5 Å². The van der Waals surface area contributed by atoms with Gasteiger partial charge < -0.3 is 9.47 Å². The first-order valence-electron chi connectivity index (χ1n) is 6.39. The SMILES string of the molecule is COc1ccc(CC[S@](=O)c2ccccc2OC)cc1. The van der Waals surface area contributed by atoms with E-state index in [2.05, 4.69) is 0 Å². The van der Waals surface area contributed by atoms with E-state index in [1.165, 1.54) is 0 Å². The van der Waals surface area contributed by atoms with E-state index in [0.29, 0.717) is 11.5 Å². The van der Waals surface area contributed by atoms with Crippen LogP contribution in [0.15, 0.2) is 53.4 Å². The smallest absolute Gasteiger partial charge is 0.134 e. The van der Waals surface area contributed by atoms with Gasteiger partial charge in [-0.2, -0.15) is 0 Å². The van der Waals surface area contributed by atoms with Gasteiger partial charge in [0.25, 0.3) is 0 Å². The van der Waals surface area contributed by atoms with E-state index in [9.17, 15) is 4.21 Å². The highest BCUT2D eigenvalue weighted by Gasteiger charge is 2.09.